The van der Waals surface area contributed by atoms with Gasteiger partial charge in [-0.3, -0.25) is 10.1 Å². The van der Waals surface area contributed by atoms with Crippen LogP contribution >= 0.6 is 22.4 Å². The lowest BCUT2D eigenvalue weighted by molar-refractivity contribution is -0.387. The Morgan fingerprint density at radius 2 is 2.00 bits per heavy atom. The van der Waals surface area contributed by atoms with E-state index >= 15 is 0 Å². The molecule has 0 aliphatic heterocycles. The van der Waals surface area contributed by atoms with E-state index in [0.717, 1.165) is 11.8 Å². The second kappa shape index (κ2) is 5.51. The molecule has 1 aromatic rings. The minimum Gasteiger partial charge on any atom is -0.258 e. The van der Waals surface area contributed by atoms with E-state index in [4.69, 9.17) is 10.7 Å². The lowest BCUT2D eigenvalue weighted by atomic mass is 10.3. The summed E-state index contributed by atoms with van der Waals surface area (Å²) >= 11 is 1.10. The standard InChI is InChI=1S/C8H8ClNO4S2/c9-16(13,14)6-5-15-8-4-2-1-3-7(8)10(11)12/h1-4H,5-6H2. The van der Waals surface area contributed by atoms with Crippen molar-refractivity contribution in [2.45, 2.75) is 4.90 Å². The van der Waals surface area contributed by atoms with Crippen LogP contribution in [0, 0.1) is 10.1 Å². The third-order valence-electron chi connectivity index (χ3n) is 1.65. The summed E-state index contributed by atoms with van der Waals surface area (Å²) in [7, 11) is 1.48. The number of hydrogen-bond acceptors (Lipinski definition) is 5. The Balaban J connectivity index is 2.71. The van der Waals surface area contributed by atoms with Crippen molar-refractivity contribution in [3.63, 3.8) is 0 Å². The first-order chi connectivity index (χ1) is 7.40. The molecule has 0 bridgehead atoms. The molecule has 5 nitrogen and oxygen atoms in total. The van der Waals surface area contributed by atoms with Crippen LogP contribution in [0.15, 0.2) is 29.2 Å². The van der Waals surface area contributed by atoms with Crippen molar-refractivity contribution in [1.29, 1.82) is 0 Å². The molecule has 0 N–H and O–H groups in total. The van der Waals surface area contributed by atoms with Crippen molar-refractivity contribution in [3.8, 4) is 0 Å². The summed E-state index contributed by atoms with van der Waals surface area (Å²) in [6.07, 6.45) is 0. The summed E-state index contributed by atoms with van der Waals surface area (Å²) in [4.78, 5) is 10.6. The van der Waals surface area contributed by atoms with E-state index in [2.05, 4.69) is 0 Å². The van der Waals surface area contributed by atoms with Crippen molar-refractivity contribution < 1.29 is 13.3 Å². The topological polar surface area (TPSA) is 77.3 Å². The molecule has 88 valence electrons. The van der Waals surface area contributed by atoms with E-state index in [1.54, 1.807) is 18.2 Å². The first-order valence-electron chi connectivity index (χ1n) is 4.19. The van der Waals surface area contributed by atoms with Gasteiger partial charge >= 0.3 is 0 Å². The van der Waals surface area contributed by atoms with Gasteiger partial charge in [-0.15, -0.1) is 11.8 Å². The van der Waals surface area contributed by atoms with Crippen molar-refractivity contribution in [2.24, 2.45) is 0 Å². The lowest BCUT2D eigenvalue weighted by Crippen LogP contribution is -2.00. The SMILES string of the molecule is O=[N+]([O-])c1ccccc1SCCS(=O)(=O)Cl. The molecule has 1 rings (SSSR count). The normalized spacial score (nSPS) is 11.3. The highest BCUT2D eigenvalue weighted by Gasteiger charge is 2.13. The van der Waals surface area contributed by atoms with Crippen molar-refractivity contribution in [3.05, 3.63) is 34.4 Å². The zero-order valence-corrected chi connectivity index (χ0v) is 10.4. The number of thioether (sulfide) groups is 1. The van der Waals surface area contributed by atoms with Gasteiger partial charge < -0.3 is 0 Å². The molecule has 0 radical (unpaired) electrons. The number of hydrogen-bond donors (Lipinski definition) is 0. The summed E-state index contributed by atoms with van der Waals surface area (Å²) in [5.74, 6) is -0.0258. The summed E-state index contributed by atoms with van der Waals surface area (Å²) in [5, 5.41) is 10.6. The van der Waals surface area contributed by atoms with Gasteiger partial charge in [0.15, 0.2) is 0 Å². The highest BCUT2D eigenvalue weighted by molar-refractivity contribution is 8.14. The largest absolute Gasteiger partial charge is 0.282 e. The van der Waals surface area contributed by atoms with Gasteiger partial charge in [0.05, 0.1) is 15.6 Å². The van der Waals surface area contributed by atoms with Crippen LogP contribution in [0.4, 0.5) is 5.69 Å². The Hall–Kier alpha value is -0.790. The highest BCUT2D eigenvalue weighted by Crippen LogP contribution is 2.28. The zero-order valence-electron chi connectivity index (χ0n) is 8.00. The maximum absolute atomic E-state index is 10.7. The van der Waals surface area contributed by atoms with E-state index < -0.39 is 14.0 Å². The van der Waals surface area contributed by atoms with Crippen LogP contribution in [0.3, 0.4) is 0 Å². The summed E-state index contributed by atoms with van der Waals surface area (Å²) in [6.45, 7) is 0. The van der Waals surface area contributed by atoms with Crippen molar-refractivity contribution in [2.75, 3.05) is 11.5 Å². The quantitative estimate of drug-likeness (QED) is 0.358. The fraction of sp³-hybridized carbons (Fsp3) is 0.250. The predicted molar refractivity (Wildman–Crippen MR) is 63.5 cm³/mol. The zero-order chi connectivity index (χ0) is 12.2. The molecule has 0 aliphatic rings. The summed E-state index contributed by atoms with van der Waals surface area (Å²) < 4.78 is 21.3. The Bertz CT molecular complexity index is 489. The number of para-hydroxylation sites is 1. The smallest absolute Gasteiger partial charge is 0.258 e. The van der Waals surface area contributed by atoms with Gasteiger partial charge in [-0.1, -0.05) is 12.1 Å². The van der Waals surface area contributed by atoms with Crippen molar-refractivity contribution in [1.82, 2.24) is 0 Å². The molecular weight excluding hydrogens is 274 g/mol. The Labute approximate surface area is 101 Å². The Kier molecular flexibility index (Phi) is 4.57. The number of rotatable bonds is 5. The highest BCUT2D eigenvalue weighted by atomic mass is 35.7. The Morgan fingerprint density at radius 3 is 2.56 bits per heavy atom. The van der Waals surface area contributed by atoms with Crippen LogP contribution < -0.4 is 0 Å². The summed E-state index contributed by atoms with van der Waals surface area (Å²) in [5.41, 5.74) is -0.0283. The van der Waals surface area contributed by atoms with Gasteiger partial charge in [0.25, 0.3) is 5.69 Å². The van der Waals surface area contributed by atoms with E-state index in [-0.39, 0.29) is 17.2 Å². The molecule has 0 saturated carbocycles. The molecule has 0 fully saturated rings. The number of nitro benzene ring substituents is 1. The maximum atomic E-state index is 10.7. The number of halogens is 1. The first kappa shape index (κ1) is 13.3. The second-order valence-corrected chi connectivity index (χ2v) is 6.85. The fourth-order valence-electron chi connectivity index (χ4n) is 0.981. The van der Waals surface area contributed by atoms with E-state index in [0.29, 0.717) is 4.90 Å². The fourth-order valence-corrected chi connectivity index (χ4v) is 3.36. The third-order valence-corrected chi connectivity index (χ3v) is 4.12. The molecule has 0 saturated heterocycles. The van der Waals surface area contributed by atoms with Gasteiger partial charge in [0.1, 0.15) is 0 Å². The molecule has 0 aliphatic carbocycles. The number of nitro groups is 1. The van der Waals surface area contributed by atoms with E-state index in [1.165, 1.54) is 6.07 Å². The minimum absolute atomic E-state index is 0.0283. The molecule has 0 aromatic heterocycles. The molecule has 0 spiro atoms. The molecule has 16 heavy (non-hydrogen) atoms. The monoisotopic (exact) mass is 281 g/mol. The van der Waals surface area contributed by atoms with Crippen LogP contribution in [0.2, 0.25) is 0 Å². The van der Waals surface area contributed by atoms with Gasteiger partial charge in [-0.25, -0.2) is 8.42 Å². The maximum Gasteiger partial charge on any atom is 0.282 e. The van der Waals surface area contributed by atoms with Crippen LogP contribution in [0.5, 0.6) is 0 Å². The van der Waals surface area contributed by atoms with Gasteiger partial charge in [0.2, 0.25) is 9.05 Å². The first-order valence-corrected chi connectivity index (χ1v) is 7.65. The molecule has 0 unspecified atom stereocenters. The molecule has 0 atom stereocenters. The number of benzene rings is 1. The van der Waals surface area contributed by atoms with E-state index in [1.807, 2.05) is 0 Å². The molecule has 1 aromatic carbocycles. The average molecular weight is 282 g/mol. The summed E-state index contributed by atoms with van der Waals surface area (Å²) in [6, 6.07) is 6.16. The van der Waals surface area contributed by atoms with E-state index in [9.17, 15) is 18.5 Å². The van der Waals surface area contributed by atoms with Gasteiger partial charge in [-0.05, 0) is 6.07 Å². The minimum atomic E-state index is -3.55. The average Bonchev–Trinajstić information content (AvgIpc) is 2.16. The Morgan fingerprint density at radius 1 is 1.38 bits per heavy atom. The van der Waals surface area contributed by atoms with Gasteiger partial charge in [-0.2, -0.15) is 0 Å². The predicted octanol–water partition coefficient (Wildman–Crippen LogP) is 2.26. The van der Waals surface area contributed by atoms with Crippen LogP contribution in [0.25, 0.3) is 0 Å². The molecule has 0 amide bonds. The van der Waals surface area contributed by atoms with Crippen LogP contribution in [-0.4, -0.2) is 24.8 Å². The lowest BCUT2D eigenvalue weighted by Gasteiger charge is -2.00. The van der Waals surface area contributed by atoms with Gasteiger partial charge in [0, 0.05) is 22.5 Å². The van der Waals surface area contributed by atoms with Crippen LogP contribution in [-0.2, 0) is 9.05 Å². The van der Waals surface area contributed by atoms with Crippen LogP contribution in [0.1, 0.15) is 0 Å². The molecule has 0 heterocycles. The number of nitrogens with zero attached hydrogens (tertiary/aromatic N) is 1. The molecular formula is C8H8ClNO4S2. The van der Waals surface area contributed by atoms with Crippen molar-refractivity contribution >= 4 is 37.2 Å². The third kappa shape index (κ3) is 4.38. The molecule has 8 heteroatoms. The second-order valence-electron chi connectivity index (χ2n) is 2.82.